The number of hydrogen-bond acceptors (Lipinski definition) is 2. The molecule has 3 rings (SSSR count). The van der Waals surface area contributed by atoms with Crippen molar-refractivity contribution in [3.05, 3.63) is 29.8 Å². The number of para-hydroxylation sites is 1. The van der Waals surface area contributed by atoms with Gasteiger partial charge >= 0.3 is 6.18 Å². The first-order valence-electron chi connectivity index (χ1n) is 6.06. The lowest BCUT2D eigenvalue weighted by atomic mass is 10.1. The fraction of sp³-hybridized carbons (Fsp3) is 0.538. The summed E-state index contributed by atoms with van der Waals surface area (Å²) in [6.45, 7) is 0.631. The van der Waals surface area contributed by atoms with Gasteiger partial charge in [0.05, 0.1) is 5.56 Å². The maximum absolute atomic E-state index is 12.8. The second kappa shape index (κ2) is 3.88. The Bertz CT molecular complexity index is 454. The number of halogens is 3. The Labute approximate surface area is 103 Å². The van der Waals surface area contributed by atoms with E-state index < -0.39 is 11.7 Å². The molecule has 1 aromatic carbocycles. The van der Waals surface area contributed by atoms with Crippen LogP contribution in [-0.4, -0.2) is 18.2 Å². The molecule has 0 amide bonds. The summed E-state index contributed by atoms with van der Waals surface area (Å²) in [4.78, 5) is 0. The molecule has 1 aromatic rings. The Hall–Kier alpha value is -1.23. The van der Waals surface area contributed by atoms with Gasteiger partial charge < -0.3 is 10.1 Å². The minimum Gasteiger partial charge on any atom is -0.488 e. The maximum Gasteiger partial charge on any atom is 0.419 e. The minimum absolute atomic E-state index is 0.0606. The van der Waals surface area contributed by atoms with E-state index in [4.69, 9.17) is 4.74 Å². The largest absolute Gasteiger partial charge is 0.488 e. The van der Waals surface area contributed by atoms with Crippen LogP contribution >= 0.6 is 0 Å². The van der Waals surface area contributed by atoms with Crippen molar-refractivity contribution in [2.24, 2.45) is 0 Å². The fourth-order valence-corrected chi connectivity index (χ4v) is 2.51. The van der Waals surface area contributed by atoms with Gasteiger partial charge in [-0.2, -0.15) is 13.2 Å². The van der Waals surface area contributed by atoms with Gasteiger partial charge in [-0.25, -0.2) is 0 Å². The molecule has 2 aliphatic rings. The molecule has 2 nitrogen and oxygen atoms in total. The van der Waals surface area contributed by atoms with Crippen LogP contribution in [0.15, 0.2) is 24.3 Å². The SMILES string of the molecule is FC(F)(F)c1ccccc1O[C@@H]1CNC2(CC2)C1. The first kappa shape index (κ1) is 11.8. The van der Waals surface area contributed by atoms with E-state index in [0.29, 0.717) is 6.54 Å². The Balaban J connectivity index is 1.76. The van der Waals surface area contributed by atoms with Gasteiger partial charge in [-0.05, 0) is 25.0 Å². The molecule has 0 radical (unpaired) electrons. The van der Waals surface area contributed by atoms with Crippen LogP contribution in [0.25, 0.3) is 0 Å². The van der Waals surface area contributed by atoms with Gasteiger partial charge in [-0.3, -0.25) is 0 Å². The number of rotatable bonds is 2. The predicted octanol–water partition coefficient (Wildman–Crippen LogP) is 2.98. The van der Waals surface area contributed by atoms with Gasteiger partial charge in [0.2, 0.25) is 0 Å². The molecule has 18 heavy (non-hydrogen) atoms. The number of alkyl halides is 3. The third-order valence-electron chi connectivity index (χ3n) is 3.66. The van der Waals surface area contributed by atoms with Gasteiger partial charge in [-0.15, -0.1) is 0 Å². The van der Waals surface area contributed by atoms with E-state index in [-0.39, 0.29) is 17.4 Å². The highest BCUT2D eigenvalue weighted by molar-refractivity contribution is 5.36. The zero-order chi connectivity index (χ0) is 12.8. The second-order valence-electron chi connectivity index (χ2n) is 5.10. The van der Waals surface area contributed by atoms with Crippen molar-refractivity contribution in [3.8, 4) is 5.75 Å². The maximum atomic E-state index is 12.8. The Morgan fingerprint density at radius 2 is 1.94 bits per heavy atom. The van der Waals surface area contributed by atoms with Crippen molar-refractivity contribution in [2.45, 2.75) is 37.1 Å². The van der Waals surface area contributed by atoms with Gasteiger partial charge in [0, 0.05) is 18.5 Å². The molecule has 2 fully saturated rings. The van der Waals surface area contributed by atoms with Crippen molar-refractivity contribution in [2.75, 3.05) is 6.54 Å². The van der Waals surface area contributed by atoms with E-state index >= 15 is 0 Å². The molecule has 0 aromatic heterocycles. The number of benzene rings is 1. The first-order valence-corrected chi connectivity index (χ1v) is 6.06. The summed E-state index contributed by atoms with van der Waals surface area (Å²) in [6, 6.07) is 5.40. The number of ether oxygens (including phenoxy) is 1. The van der Waals surface area contributed by atoms with E-state index in [1.54, 1.807) is 6.07 Å². The zero-order valence-electron chi connectivity index (χ0n) is 9.76. The average Bonchev–Trinajstić information content (AvgIpc) is 2.93. The van der Waals surface area contributed by atoms with Crippen LogP contribution in [0.3, 0.4) is 0 Å². The molecule has 1 saturated heterocycles. The van der Waals surface area contributed by atoms with E-state index in [0.717, 1.165) is 25.3 Å². The van der Waals surface area contributed by atoms with Crippen molar-refractivity contribution in [1.29, 1.82) is 0 Å². The smallest absolute Gasteiger partial charge is 0.419 e. The summed E-state index contributed by atoms with van der Waals surface area (Å²) in [7, 11) is 0. The molecule has 0 unspecified atom stereocenters. The molecule has 0 bridgehead atoms. The summed E-state index contributed by atoms with van der Waals surface area (Å²) < 4.78 is 43.9. The molecule has 1 spiro atoms. The molecule has 1 atom stereocenters. The third-order valence-corrected chi connectivity index (χ3v) is 3.66. The highest BCUT2D eigenvalue weighted by Gasteiger charge is 2.49. The summed E-state index contributed by atoms with van der Waals surface area (Å²) >= 11 is 0. The quantitative estimate of drug-likeness (QED) is 0.879. The normalized spacial score (nSPS) is 25.4. The molecule has 5 heteroatoms. The van der Waals surface area contributed by atoms with Crippen molar-refractivity contribution in [3.63, 3.8) is 0 Å². The molecule has 1 heterocycles. The lowest BCUT2D eigenvalue weighted by molar-refractivity contribution is -0.139. The molecule has 98 valence electrons. The summed E-state index contributed by atoms with van der Waals surface area (Å²) in [5.74, 6) is -0.0606. The molecule has 1 aliphatic carbocycles. The fourth-order valence-electron chi connectivity index (χ4n) is 2.51. The second-order valence-corrected chi connectivity index (χ2v) is 5.10. The first-order chi connectivity index (χ1) is 8.49. The molecular weight excluding hydrogens is 243 g/mol. The van der Waals surface area contributed by atoms with Crippen LogP contribution in [0.1, 0.15) is 24.8 Å². The van der Waals surface area contributed by atoms with Crippen molar-refractivity contribution >= 4 is 0 Å². The number of nitrogens with one attached hydrogen (secondary N) is 1. The van der Waals surface area contributed by atoms with Crippen LogP contribution in [0, 0.1) is 0 Å². The number of hydrogen-bond donors (Lipinski definition) is 1. The average molecular weight is 257 g/mol. The van der Waals surface area contributed by atoms with Crippen LogP contribution < -0.4 is 10.1 Å². The third kappa shape index (κ3) is 2.19. The van der Waals surface area contributed by atoms with Gasteiger partial charge in [0.25, 0.3) is 0 Å². The molecule has 1 saturated carbocycles. The zero-order valence-corrected chi connectivity index (χ0v) is 9.76. The topological polar surface area (TPSA) is 21.3 Å². The lowest BCUT2D eigenvalue weighted by Gasteiger charge is -2.17. The van der Waals surface area contributed by atoms with E-state index in [1.165, 1.54) is 12.1 Å². The van der Waals surface area contributed by atoms with Crippen molar-refractivity contribution < 1.29 is 17.9 Å². The summed E-state index contributed by atoms with van der Waals surface area (Å²) in [6.07, 6.45) is -1.50. The Morgan fingerprint density at radius 3 is 2.56 bits per heavy atom. The lowest BCUT2D eigenvalue weighted by Crippen LogP contribution is -2.23. The monoisotopic (exact) mass is 257 g/mol. The van der Waals surface area contributed by atoms with Crippen LogP contribution in [0.4, 0.5) is 13.2 Å². The standard InChI is InChI=1S/C13H14F3NO/c14-13(15,16)10-3-1-2-4-11(10)18-9-7-12(5-6-12)17-8-9/h1-4,9,17H,5-8H2/t9-/m0/s1. The molecule has 1 aliphatic heterocycles. The highest BCUT2D eigenvalue weighted by atomic mass is 19.4. The van der Waals surface area contributed by atoms with E-state index in [9.17, 15) is 13.2 Å². The molecule has 1 N–H and O–H groups in total. The Morgan fingerprint density at radius 1 is 1.22 bits per heavy atom. The summed E-state index contributed by atoms with van der Waals surface area (Å²) in [5, 5.41) is 3.33. The van der Waals surface area contributed by atoms with Gasteiger partial charge in [-0.1, -0.05) is 12.1 Å². The van der Waals surface area contributed by atoms with Gasteiger partial charge in [0.1, 0.15) is 11.9 Å². The van der Waals surface area contributed by atoms with Gasteiger partial charge in [0.15, 0.2) is 0 Å². The predicted molar refractivity (Wildman–Crippen MR) is 60.4 cm³/mol. The van der Waals surface area contributed by atoms with E-state index in [2.05, 4.69) is 5.32 Å². The van der Waals surface area contributed by atoms with Crippen LogP contribution in [-0.2, 0) is 6.18 Å². The van der Waals surface area contributed by atoms with Crippen LogP contribution in [0.5, 0.6) is 5.75 Å². The molecular formula is C13H14F3NO. The summed E-state index contributed by atoms with van der Waals surface area (Å²) in [5.41, 5.74) is -0.528. The van der Waals surface area contributed by atoms with Crippen molar-refractivity contribution in [1.82, 2.24) is 5.32 Å². The van der Waals surface area contributed by atoms with Crippen LogP contribution in [0.2, 0.25) is 0 Å². The Kier molecular flexibility index (Phi) is 2.55. The highest BCUT2D eigenvalue weighted by Crippen LogP contribution is 2.44. The minimum atomic E-state index is -4.36. The van der Waals surface area contributed by atoms with E-state index in [1.807, 2.05) is 0 Å².